The summed E-state index contributed by atoms with van der Waals surface area (Å²) in [6.07, 6.45) is 6.99. The van der Waals surface area contributed by atoms with Gasteiger partial charge in [0, 0.05) is 28.1 Å². The summed E-state index contributed by atoms with van der Waals surface area (Å²) in [5.74, 6) is 0.474. The van der Waals surface area contributed by atoms with Gasteiger partial charge in [-0.25, -0.2) is 0 Å². The predicted molar refractivity (Wildman–Crippen MR) is 129 cm³/mol. The van der Waals surface area contributed by atoms with Gasteiger partial charge in [-0.15, -0.1) is 12.4 Å². The van der Waals surface area contributed by atoms with Crippen molar-refractivity contribution in [3.05, 3.63) is 47.0 Å². The molecule has 2 aromatic carbocycles. The van der Waals surface area contributed by atoms with Gasteiger partial charge in [0.15, 0.2) is 5.82 Å². The van der Waals surface area contributed by atoms with Gasteiger partial charge in [0.2, 0.25) is 5.91 Å². The number of amides is 1. The second-order valence-corrected chi connectivity index (χ2v) is 9.14. The average Bonchev–Trinajstić information content (AvgIpc) is 3.41. The van der Waals surface area contributed by atoms with Crippen molar-refractivity contribution in [1.82, 2.24) is 15.5 Å². The summed E-state index contributed by atoms with van der Waals surface area (Å²) >= 11 is 6.38. The minimum absolute atomic E-state index is 0. The van der Waals surface area contributed by atoms with E-state index in [-0.39, 0.29) is 29.8 Å². The SMILES string of the molecule is Cl.N#Cc1ccc(Cl)c(-c2ccc3[nH]nc(NC(=O)C4CCC5(CCCC5)NC4)c3c2)c1. The van der Waals surface area contributed by atoms with E-state index in [1.54, 1.807) is 18.2 Å². The van der Waals surface area contributed by atoms with E-state index >= 15 is 0 Å². The molecule has 2 aliphatic rings. The number of nitriles is 1. The molecule has 1 amide bonds. The van der Waals surface area contributed by atoms with Gasteiger partial charge in [0.05, 0.1) is 23.1 Å². The lowest BCUT2D eigenvalue weighted by atomic mass is 9.82. The molecule has 2 heterocycles. The fraction of sp³-hybridized carbons (Fsp3) is 0.375. The molecular weight excluding hydrogens is 445 g/mol. The number of hydrogen-bond donors (Lipinski definition) is 3. The van der Waals surface area contributed by atoms with Crippen molar-refractivity contribution in [1.29, 1.82) is 5.26 Å². The number of halogens is 2. The maximum Gasteiger partial charge on any atom is 0.229 e. The fourth-order valence-corrected chi connectivity index (χ4v) is 5.22. The molecule has 8 heteroatoms. The number of piperidine rings is 1. The topological polar surface area (TPSA) is 93.6 Å². The summed E-state index contributed by atoms with van der Waals surface area (Å²) in [6.45, 7) is 0.718. The number of aromatic nitrogens is 2. The number of rotatable bonds is 3. The van der Waals surface area contributed by atoms with Crippen molar-refractivity contribution < 1.29 is 4.79 Å². The Bertz CT molecular complexity index is 1180. The number of fused-ring (bicyclic) bond motifs is 1. The second kappa shape index (κ2) is 9.11. The summed E-state index contributed by atoms with van der Waals surface area (Å²) in [4.78, 5) is 12.9. The highest BCUT2D eigenvalue weighted by molar-refractivity contribution is 6.33. The van der Waals surface area contributed by atoms with Crippen LogP contribution < -0.4 is 10.6 Å². The van der Waals surface area contributed by atoms with Gasteiger partial charge in [-0.05, 0) is 61.6 Å². The van der Waals surface area contributed by atoms with Crippen LogP contribution >= 0.6 is 24.0 Å². The molecular formula is C24H25Cl2N5O. The molecule has 166 valence electrons. The lowest BCUT2D eigenvalue weighted by molar-refractivity contribution is -0.120. The minimum Gasteiger partial charge on any atom is -0.310 e. The van der Waals surface area contributed by atoms with E-state index in [1.807, 2.05) is 18.2 Å². The zero-order valence-electron chi connectivity index (χ0n) is 17.6. The number of benzene rings is 2. The summed E-state index contributed by atoms with van der Waals surface area (Å²) in [7, 11) is 0. The largest absolute Gasteiger partial charge is 0.310 e. The Hall–Kier alpha value is -2.59. The van der Waals surface area contributed by atoms with E-state index in [0.717, 1.165) is 41.4 Å². The van der Waals surface area contributed by atoms with Gasteiger partial charge in [0.25, 0.3) is 0 Å². The first kappa shape index (κ1) is 22.6. The van der Waals surface area contributed by atoms with Gasteiger partial charge in [-0.3, -0.25) is 9.89 Å². The molecule has 1 saturated heterocycles. The molecule has 1 aliphatic carbocycles. The van der Waals surface area contributed by atoms with Crippen molar-refractivity contribution in [2.75, 3.05) is 11.9 Å². The highest BCUT2D eigenvalue weighted by atomic mass is 35.5. The number of nitrogens with zero attached hydrogens (tertiary/aromatic N) is 2. The van der Waals surface area contributed by atoms with E-state index in [1.165, 1.54) is 25.7 Å². The van der Waals surface area contributed by atoms with Gasteiger partial charge < -0.3 is 10.6 Å². The Morgan fingerprint density at radius 3 is 2.72 bits per heavy atom. The molecule has 3 N–H and O–H groups in total. The van der Waals surface area contributed by atoms with E-state index in [2.05, 4.69) is 26.9 Å². The predicted octanol–water partition coefficient (Wildman–Crippen LogP) is 5.43. The highest BCUT2D eigenvalue weighted by Gasteiger charge is 2.39. The van der Waals surface area contributed by atoms with Gasteiger partial charge in [-0.1, -0.05) is 30.5 Å². The lowest BCUT2D eigenvalue weighted by Gasteiger charge is -2.38. The Balaban J connectivity index is 0.00000245. The number of carbonyl (C=O) groups is 1. The van der Waals surface area contributed by atoms with Crippen molar-refractivity contribution in [2.45, 2.75) is 44.1 Å². The maximum absolute atomic E-state index is 12.9. The molecule has 1 atom stereocenters. The molecule has 1 spiro atoms. The summed E-state index contributed by atoms with van der Waals surface area (Å²) in [5.41, 5.74) is 3.29. The van der Waals surface area contributed by atoms with Gasteiger partial charge >= 0.3 is 0 Å². The number of nitrogens with one attached hydrogen (secondary N) is 3. The number of anilines is 1. The number of hydrogen-bond acceptors (Lipinski definition) is 4. The van der Waals surface area contributed by atoms with Crippen LogP contribution in [-0.4, -0.2) is 28.2 Å². The Labute approximate surface area is 198 Å². The highest BCUT2D eigenvalue weighted by Crippen LogP contribution is 2.38. The van der Waals surface area contributed by atoms with Crippen molar-refractivity contribution in [2.24, 2.45) is 5.92 Å². The molecule has 32 heavy (non-hydrogen) atoms. The van der Waals surface area contributed by atoms with Gasteiger partial charge in [-0.2, -0.15) is 10.4 Å². The van der Waals surface area contributed by atoms with Crippen LogP contribution in [0.4, 0.5) is 5.82 Å². The molecule has 1 aromatic heterocycles. The van der Waals surface area contributed by atoms with E-state index in [4.69, 9.17) is 11.6 Å². The standard InChI is InChI=1S/C24H24ClN5O.ClH/c25-20-5-3-15(13-26)11-18(20)16-4-6-21-19(12-16)22(30-29-21)28-23(31)17-7-10-24(27-14-17)8-1-2-9-24;/h3-6,11-12,17,27H,1-2,7-10,14H2,(H2,28,29,30,31);1H. The first-order chi connectivity index (χ1) is 15.1. The van der Waals surface area contributed by atoms with Crippen LogP contribution in [0.15, 0.2) is 36.4 Å². The zero-order valence-corrected chi connectivity index (χ0v) is 19.2. The first-order valence-corrected chi connectivity index (χ1v) is 11.2. The minimum atomic E-state index is -0.0529. The smallest absolute Gasteiger partial charge is 0.229 e. The average molecular weight is 470 g/mol. The number of carbonyl (C=O) groups excluding carboxylic acids is 1. The summed E-state index contributed by atoms with van der Waals surface area (Å²) in [6, 6.07) is 13.1. The fourth-order valence-electron chi connectivity index (χ4n) is 4.99. The molecule has 2 fully saturated rings. The molecule has 5 rings (SSSR count). The monoisotopic (exact) mass is 469 g/mol. The number of aromatic amines is 1. The van der Waals surface area contributed by atoms with Crippen LogP contribution in [0.1, 0.15) is 44.1 Å². The van der Waals surface area contributed by atoms with Crippen LogP contribution in [0.5, 0.6) is 0 Å². The molecule has 6 nitrogen and oxygen atoms in total. The van der Waals surface area contributed by atoms with Crippen LogP contribution in [0.2, 0.25) is 5.02 Å². The normalized spacial score (nSPS) is 19.4. The molecule has 1 saturated carbocycles. The quantitative estimate of drug-likeness (QED) is 0.476. The van der Waals surface area contributed by atoms with Crippen LogP contribution in [0, 0.1) is 17.2 Å². The summed E-state index contributed by atoms with van der Waals surface area (Å²) < 4.78 is 0. The van der Waals surface area contributed by atoms with E-state index in [9.17, 15) is 10.1 Å². The van der Waals surface area contributed by atoms with Crippen molar-refractivity contribution in [3.8, 4) is 17.2 Å². The zero-order chi connectivity index (χ0) is 21.4. The number of H-pyrrole nitrogens is 1. The van der Waals surface area contributed by atoms with Crippen molar-refractivity contribution in [3.63, 3.8) is 0 Å². The van der Waals surface area contributed by atoms with Gasteiger partial charge in [0.1, 0.15) is 0 Å². The molecule has 0 bridgehead atoms. The van der Waals surface area contributed by atoms with Crippen LogP contribution in [0.25, 0.3) is 22.0 Å². The third-order valence-corrected chi connectivity index (χ3v) is 7.17. The molecule has 1 unspecified atom stereocenters. The van der Waals surface area contributed by atoms with Crippen molar-refractivity contribution >= 4 is 46.6 Å². The second-order valence-electron chi connectivity index (χ2n) is 8.73. The molecule has 1 aliphatic heterocycles. The summed E-state index contributed by atoms with van der Waals surface area (Å²) in [5, 5.41) is 24.6. The van der Waals surface area contributed by atoms with Crippen LogP contribution in [0.3, 0.4) is 0 Å². The van der Waals surface area contributed by atoms with E-state index < -0.39 is 0 Å². The molecule has 3 aromatic rings. The Morgan fingerprint density at radius 1 is 1.19 bits per heavy atom. The third-order valence-electron chi connectivity index (χ3n) is 6.84. The third kappa shape index (κ3) is 4.21. The lowest BCUT2D eigenvalue weighted by Crippen LogP contribution is -2.51. The first-order valence-electron chi connectivity index (χ1n) is 10.8. The molecule has 0 radical (unpaired) electrons. The van der Waals surface area contributed by atoms with Crippen LogP contribution in [-0.2, 0) is 4.79 Å². The Morgan fingerprint density at radius 2 is 2.00 bits per heavy atom. The Kier molecular flexibility index (Phi) is 6.43. The maximum atomic E-state index is 12.9. The van der Waals surface area contributed by atoms with E-state index in [0.29, 0.717) is 16.4 Å².